The number of thiophene rings is 1. The predicted molar refractivity (Wildman–Crippen MR) is 107 cm³/mol. The molecule has 0 saturated heterocycles. The lowest BCUT2D eigenvalue weighted by Crippen LogP contribution is -2.16. The molecular formula is C18H15ClN2O6S2. The predicted octanol–water partition coefficient (Wildman–Crippen LogP) is 3.96. The molecule has 1 aromatic carbocycles. The number of ketones is 1. The summed E-state index contributed by atoms with van der Waals surface area (Å²) >= 11 is 6.72. The summed E-state index contributed by atoms with van der Waals surface area (Å²) in [7, 11) is -4.40. The molecular weight excluding hydrogens is 440 g/mol. The number of nitrogens with zero attached hydrogens (tertiary/aromatic N) is 1. The van der Waals surface area contributed by atoms with Crippen LogP contribution in [0.1, 0.15) is 36.1 Å². The number of benzene rings is 1. The lowest BCUT2D eigenvalue weighted by molar-refractivity contribution is 0.0994. The first-order chi connectivity index (χ1) is 16.5. The third-order valence-corrected chi connectivity index (χ3v) is 6.73. The number of nitrogens with one attached hydrogen (secondary N) is 1. The number of Topliss-reactive ketones (excluding diaryl/α,β-unsaturated/α-hetero) is 1. The zero-order valence-corrected chi connectivity index (χ0v) is 16.8. The molecule has 152 valence electrons. The van der Waals surface area contributed by atoms with E-state index in [-0.39, 0.29) is 21.5 Å². The lowest BCUT2D eigenvalue weighted by Gasteiger charge is -2.09. The van der Waals surface area contributed by atoms with E-state index in [4.69, 9.17) is 35.2 Å². The van der Waals surface area contributed by atoms with Crippen molar-refractivity contribution in [3.05, 3.63) is 50.3 Å². The summed E-state index contributed by atoms with van der Waals surface area (Å²) in [5.74, 6) is -2.33. The Bertz CT molecular complexity index is 1500. The van der Waals surface area contributed by atoms with Crippen molar-refractivity contribution in [2.45, 2.75) is 25.1 Å². The molecule has 0 unspecified atom stereocenters. The number of aromatic nitrogens is 1. The Labute approximate surface area is 185 Å². The molecule has 3 heterocycles. The van der Waals surface area contributed by atoms with Crippen LogP contribution in [0.3, 0.4) is 0 Å². The molecule has 0 saturated carbocycles. The third-order valence-electron chi connectivity index (χ3n) is 3.83. The van der Waals surface area contributed by atoms with Gasteiger partial charge >= 0.3 is 0 Å². The largest absolute Gasteiger partial charge is 0.454 e. The van der Waals surface area contributed by atoms with Crippen molar-refractivity contribution in [2.75, 3.05) is 11.5 Å². The van der Waals surface area contributed by atoms with Crippen molar-refractivity contribution in [3.63, 3.8) is 0 Å². The summed E-state index contributed by atoms with van der Waals surface area (Å²) in [4.78, 5) is 12.5. The molecule has 11 heteroatoms. The second kappa shape index (κ2) is 7.36. The quantitative estimate of drug-likeness (QED) is 0.553. The van der Waals surface area contributed by atoms with E-state index >= 15 is 0 Å². The Morgan fingerprint density at radius 2 is 2.21 bits per heavy atom. The molecule has 0 aliphatic carbocycles. The van der Waals surface area contributed by atoms with Crippen LogP contribution in [0.4, 0.5) is 5.88 Å². The minimum atomic E-state index is -4.40. The van der Waals surface area contributed by atoms with Gasteiger partial charge in [0.15, 0.2) is 17.3 Å². The number of carbonyl (C=O) groups is 1. The average molecular weight is 462 g/mol. The molecule has 1 aliphatic heterocycles. The molecule has 0 bridgehead atoms. The molecule has 29 heavy (non-hydrogen) atoms. The van der Waals surface area contributed by atoms with Crippen molar-refractivity contribution >= 4 is 44.6 Å². The van der Waals surface area contributed by atoms with Crippen LogP contribution in [0.2, 0.25) is 5.02 Å². The van der Waals surface area contributed by atoms with Crippen molar-refractivity contribution in [1.29, 1.82) is 0 Å². The molecule has 1 N–H and O–H groups in total. The van der Waals surface area contributed by atoms with Crippen LogP contribution < -0.4 is 14.2 Å². The van der Waals surface area contributed by atoms with Gasteiger partial charge in [0.1, 0.15) is 18.4 Å². The fourth-order valence-electron chi connectivity index (χ4n) is 2.43. The number of hydrogen-bond acceptors (Lipinski definition) is 8. The van der Waals surface area contributed by atoms with Gasteiger partial charge in [0.25, 0.3) is 15.9 Å². The molecule has 2 aromatic heterocycles. The number of aryl methyl sites for hydroxylation is 1. The lowest BCUT2D eigenvalue weighted by atomic mass is 10.0. The van der Waals surface area contributed by atoms with Crippen LogP contribution in [0.5, 0.6) is 11.5 Å². The average Bonchev–Trinajstić information content (AvgIpc) is 3.45. The maximum atomic E-state index is 13.2. The molecule has 0 radical (unpaired) electrons. The van der Waals surface area contributed by atoms with Gasteiger partial charge in [-0.25, -0.2) is 13.1 Å². The number of carbonyl (C=O) groups excluding carboxylic acids is 1. The van der Waals surface area contributed by atoms with E-state index in [0.717, 1.165) is 17.4 Å². The van der Waals surface area contributed by atoms with Crippen LogP contribution in [0, 0.1) is 13.8 Å². The van der Waals surface area contributed by atoms with E-state index in [0.29, 0.717) is 0 Å². The van der Waals surface area contributed by atoms with Gasteiger partial charge < -0.3 is 14.0 Å². The first kappa shape index (κ1) is 12.9. The fraction of sp³-hybridized carbons (Fsp3) is 0.222. The van der Waals surface area contributed by atoms with Gasteiger partial charge in [0, 0.05) is 10.5 Å². The normalized spacial score (nSPS) is 18.6. The van der Waals surface area contributed by atoms with E-state index < -0.39 is 75.4 Å². The smallest absolute Gasteiger partial charge is 0.265 e. The van der Waals surface area contributed by atoms with Crippen molar-refractivity contribution in [3.8, 4) is 11.5 Å². The van der Waals surface area contributed by atoms with Gasteiger partial charge in [-0.1, -0.05) is 16.8 Å². The highest BCUT2D eigenvalue weighted by atomic mass is 35.5. The van der Waals surface area contributed by atoms with Gasteiger partial charge in [0.05, 0.1) is 7.62 Å². The summed E-state index contributed by atoms with van der Waals surface area (Å²) in [5.41, 5.74) is -0.915. The highest BCUT2D eigenvalue weighted by Crippen LogP contribution is 2.36. The molecule has 3 aromatic rings. The summed E-state index contributed by atoms with van der Waals surface area (Å²) < 4.78 is 97.8. The number of rotatable bonds is 6. The maximum Gasteiger partial charge on any atom is 0.265 e. The topological polar surface area (TPSA) is 108 Å². The third kappa shape index (κ3) is 3.70. The number of fused-ring (bicyclic) bond motifs is 1. The Kier molecular flexibility index (Phi) is 3.27. The first-order valence-electron chi connectivity index (χ1n) is 11.3. The number of sulfonamides is 1. The SMILES string of the molecule is [2H]c1c(CC(=O)c2sccc2S(=O)(=O)Nc2onc(C)c2Cl)c(C([2H])([2H])[2H])c([2H])c2c1OC([2H])([2H])O2. The van der Waals surface area contributed by atoms with Gasteiger partial charge in [-0.05, 0) is 48.4 Å². The number of anilines is 1. The van der Waals surface area contributed by atoms with Gasteiger partial charge in [-0.15, -0.1) is 11.3 Å². The standard InChI is InChI=1S/C18H15ClN2O6S2/c1-9-5-13-14(26-8-25-13)7-11(9)6-12(22)17-15(3-4-28-17)29(23,24)21-18-16(19)10(2)20-27-18/h3-5,7,21H,6,8H2,1-2H3/i1D3,5D,7D,8D2. The summed E-state index contributed by atoms with van der Waals surface area (Å²) in [6.45, 7) is -4.24. The van der Waals surface area contributed by atoms with Crippen LogP contribution >= 0.6 is 22.9 Å². The van der Waals surface area contributed by atoms with Crippen molar-refractivity contribution in [1.82, 2.24) is 5.16 Å². The summed E-state index contributed by atoms with van der Waals surface area (Å²) in [6, 6.07) is -0.278. The molecule has 8 nitrogen and oxygen atoms in total. The number of hydrogen-bond donors (Lipinski definition) is 1. The molecule has 0 amide bonds. The first-order valence-corrected chi connectivity index (χ1v) is 10.6. The minimum absolute atomic E-state index is 0.0777. The van der Waals surface area contributed by atoms with Gasteiger partial charge in [-0.3, -0.25) is 4.79 Å². The van der Waals surface area contributed by atoms with Crippen LogP contribution in [0.25, 0.3) is 0 Å². The number of ether oxygens (including phenoxy) is 2. The van der Waals surface area contributed by atoms with E-state index in [1.54, 1.807) is 0 Å². The summed E-state index contributed by atoms with van der Waals surface area (Å²) in [5, 5.41) is 4.79. The van der Waals surface area contributed by atoms with Gasteiger partial charge in [0.2, 0.25) is 6.75 Å². The van der Waals surface area contributed by atoms with E-state index in [9.17, 15) is 13.2 Å². The van der Waals surface area contributed by atoms with Crippen molar-refractivity contribution < 1.29 is 36.8 Å². The van der Waals surface area contributed by atoms with Gasteiger partial charge in [-0.2, -0.15) is 0 Å². The Morgan fingerprint density at radius 3 is 2.90 bits per heavy atom. The maximum absolute atomic E-state index is 13.2. The van der Waals surface area contributed by atoms with Crippen LogP contribution in [-0.4, -0.2) is 26.1 Å². The minimum Gasteiger partial charge on any atom is -0.454 e. The monoisotopic (exact) mass is 461 g/mol. The molecule has 1 aliphatic rings. The Balaban J connectivity index is 1.75. The van der Waals surface area contributed by atoms with E-state index in [1.165, 1.54) is 12.3 Å². The van der Waals surface area contributed by atoms with E-state index in [1.807, 2.05) is 0 Å². The van der Waals surface area contributed by atoms with Crippen molar-refractivity contribution in [2.24, 2.45) is 0 Å². The van der Waals surface area contributed by atoms with Crippen LogP contribution in [0.15, 0.2) is 32.9 Å². The second-order valence-electron chi connectivity index (χ2n) is 5.78. The number of halogens is 1. The van der Waals surface area contributed by atoms with Crippen LogP contribution in [-0.2, 0) is 16.4 Å². The second-order valence-corrected chi connectivity index (χ2v) is 8.72. The molecule has 0 fully saturated rings. The molecule has 0 atom stereocenters. The molecule has 0 spiro atoms. The molecule has 4 rings (SSSR count). The Hall–Kier alpha value is -2.56. The summed E-state index contributed by atoms with van der Waals surface area (Å²) in [6.07, 6.45) is -0.788. The fourth-order valence-corrected chi connectivity index (χ4v) is 4.99. The zero-order chi connectivity index (χ0) is 26.8. The zero-order valence-electron chi connectivity index (χ0n) is 21.5. The van der Waals surface area contributed by atoms with E-state index in [2.05, 4.69) is 9.88 Å². The Morgan fingerprint density at radius 1 is 1.45 bits per heavy atom. The highest BCUT2D eigenvalue weighted by Gasteiger charge is 2.27. The highest BCUT2D eigenvalue weighted by molar-refractivity contribution is 7.93.